The summed E-state index contributed by atoms with van der Waals surface area (Å²) in [5, 5.41) is 45.7. The number of nitrogens with one attached hydrogen (secondary N) is 4. The van der Waals surface area contributed by atoms with Gasteiger partial charge < -0.3 is 56.5 Å². The van der Waals surface area contributed by atoms with Gasteiger partial charge in [0.15, 0.2) is 23.8 Å². The number of amides is 6. The minimum Gasteiger partial charge on any atom is -0.481 e. The molecule has 0 radical (unpaired) electrons. The van der Waals surface area contributed by atoms with Crippen molar-refractivity contribution in [3.8, 4) is 0 Å². The third kappa shape index (κ3) is 28.5. The first-order valence-corrected chi connectivity index (χ1v) is 42.4. The number of ketones is 2. The Bertz CT molecular complexity index is 3810. The van der Waals surface area contributed by atoms with Gasteiger partial charge >= 0.3 is 24.1 Å². The Balaban J connectivity index is 0.000000407. The van der Waals surface area contributed by atoms with Gasteiger partial charge in [0.25, 0.3) is 17.5 Å². The van der Waals surface area contributed by atoms with Gasteiger partial charge in [0.1, 0.15) is 21.4 Å². The fourth-order valence-electron chi connectivity index (χ4n) is 15.2. The number of anilines is 1. The summed E-state index contributed by atoms with van der Waals surface area (Å²) in [6, 6.07) is 10.7. The minimum absolute atomic E-state index is 0.0182. The van der Waals surface area contributed by atoms with Gasteiger partial charge in [-0.25, -0.2) is 19.6 Å². The fourth-order valence-corrected chi connectivity index (χ4v) is 16.8. The lowest BCUT2D eigenvalue weighted by Crippen LogP contribution is -2.50. The summed E-state index contributed by atoms with van der Waals surface area (Å²) in [5.74, 6) is -4.23. The SMILES string of the molecule is CCCN(C(=O)[C@@H](CC(=O)[C@H]1CCCCN1C)[C@@H](C)CC)[C@H](C[C@@H](OC(=O)NC)c1nc(C(=O)N[C@@H](Cc2ccc(N)cc2)CC(C)(C)C(=O)O)cs1)C(C)C.CCCN(C(=O)[C@@H](CC(=O)[C@H]1CCCCN1C)[C@@H](C)CC)[C@H](C[C@@H](OC(=O)NC)c1nc(C(=O)N[C@@H](Cc2ccc([N+](=O)[O-])cc2)CC(C)(C)C(=O)O)cs1)C(C)C. The number of carbonyl (C=O) groups excluding carboxylic acids is 8. The van der Waals surface area contributed by atoms with Crippen LogP contribution in [0.3, 0.4) is 0 Å². The molecule has 2 aliphatic rings. The summed E-state index contributed by atoms with van der Waals surface area (Å²) >= 11 is 2.31. The van der Waals surface area contributed by atoms with Crippen molar-refractivity contribution < 1.29 is 72.6 Å². The number of likely N-dealkylation sites (N-methyl/N-ethyl adjacent to an activating group) is 2. The van der Waals surface area contributed by atoms with Gasteiger partial charge in [-0.3, -0.25) is 58.3 Å². The Morgan fingerprint density at radius 2 is 0.956 bits per heavy atom. The van der Waals surface area contributed by atoms with Gasteiger partial charge in [0.05, 0.1) is 27.8 Å². The van der Waals surface area contributed by atoms with Crippen molar-refractivity contribution in [2.24, 2.45) is 46.3 Å². The van der Waals surface area contributed by atoms with Crippen molar-refractivity contribution in [2.75, 3.05) is 60.1 Å². The fraction of sp³-hybridized carbons (Fsp3) is 0.667. The van der Waals surface area contributed by atoms with Gasteiger partial charge in [-0.1, -0.05) is 119 Å². The predicted molar refractivity (Wildman–Crippen MR) is 443 cm³/mol. The quantitative estimate of drug-likeness (QED) is 0.0123. The molecule has 0 spiro atoms. The van der Waals surface area contributed by atoms with Crippen molar-refractivity contribution in [1.82, 2.24) is 50.8 Å². The maximum absolute atomic E-state index is 14.7. The molecule has 4 heterocycles. The van der Waals surface area contributed by atoms with E-state index < -0.39 is 93.9 Å². The van der Waals surface area contributed by atoms with E-state index in [1.807, 2.05) is 105 Å². The number of carbonyl (C=O) groups is 10. The molecule has 4 aromatic rings. The Kier molecular flexibility index (Phi) is 38.5. The molecule has 30 heteroatoms. The lowest BCUT2D eigenvalue weighted by molar-refractivity contribution is -0.384. The van der Waals surface area contributed by atoms with Crippen LogP contribution in [0.15, 0.2) is 59.3 Å². The zero-order chi connectivity index (χ0) is 85.1. The van der Waals surface area contributed by atoms with Crippen LogP contribution in [0.5, 0.6) is 0 Å². The maximum Gasteiger partial charge on any atom is 0.407 e. The summed E-state index contributed by atoms with van der Waals surface area (Å²) in [4.78, 5) is 162. The minimum atomic E-state index is -1.21. The number of nitrogens with two attached hydrogens (primary N) is 1. The number of aromatic nitrogens is 2. The van der Waals surface area contributed by atoms with E-state index in [1.165, 1.54) is 37.6 Å². The number of Topliss-reactive ketones (excluding diaryl/α,β-unsaturated/α-hetero) is 2. The average Bonchev–Trinajstić information content (AvgIpc) is 1.40. The maximum atomic E-state index is 14.7. The normalized spacial score (nSPS) is 17.5. The Morgan fingerprint density at radius 3 is 1.26 bits per heavy atom. The largest absolute Gasteiger partial charge is 0.481 e. The first kappa shape index (κ1) is 96.1. The molecule has 634 valence electrons. The summed E-state index contributed by atoms with van der Waals surface area (Å²) in [5.41, 5.74) is 5.75. The molecule has 114 heavy (non-hydrogen) atoms. The van der Waals surface area contributed by atoms with E-state index in [-0.39, 0.29) is 127 Å². The number of ether oxygens (including phenoxy) is 2. The number of rotatable bonds is 43. The standard InChI is InChI=1S/C42H64N6O9S.C42H66N6O7S/c1-10-19-47(39(51)31(27(5)11-2)22-35(49)33-14-12-13-20-46(33)9)34(26(3)4)23-36(57-41(54)43-8)38-45-32(25-58-38)37(50)44-29(24-42(6,7)40(52)53)21-28-15-17-30(18-16-28)48(55)56;1-10-19-48(39(51)31(27(5)11-2)22-35(49)33-14-12-13-20-47(33)9)34(26(3)4)23-36(55-41(54)44-8)38-46-32(25-56-38)37(50)45-30(24-42(6,7)40(52)53)21-28-15-17-29(43)18-16-28/h15-18,25-27,29,31,33-34,36H,10-14,19-24H2,1-9H3,(H,43,54)(H,44,50)(H,52,53);15-18,25-27,30-31,33-34,36H,10-14,19-24,43H2,1-9H3,(H,44,54)(H,45,50)(H,52,53)/t27-,29-,31-,33+,34+,36+;27-,30-,31-,33+,34+,36+/m00/s1. The average molecular weight is 1630 g/mol. The van der Waals surface area contributed by atoms with Crippen LogP contribution in [-0.4, -0.2) is 195 Å². The number of nitro benzene ring substituents is 1. The molecule has 8 N–H and O–H groups in total. The molecule has 6 rings (SSSR count). The lowest BCUT2D eigenvalue weighted by Gasteiger charge is -2.39. The number of hydrogen-bond acceptors (Lipinski definition) is 21. The van der Waals surface area contributed by atoms with Crippen LogP contribution in [0.25, 0.3) is 0 Å². The van der Waals surface area contributed by atoms with Crippen LogP contribution in [0, 0.1) is 56.5 Å². The first-order valence-electron chi connectivity index (χ1n) is 40.7. The van der Waals surface area contributed by atoms with E-state index in [0.29, 0.717) is 53.6 Å². The number of aliphatic carboxylic acids is 2. The van der Waals surface area contributed by atoms with E-state index in [9.17, 15) is 68.3 Å². The summed E-state index contributed by atoms with van der Waals surface area (Å²) in [6.07, 6.45) is 6.88. The van der Waals surface area contributed by atoms with Gasteiger partial charge in [-0.15, -0.1) is 22.7 Å². The highest BCUT2D eigenvalue weighted by Crippen LogP contribution is 2.38. The number of thiazole rings is 2. The van der Waals surface area contributed by atoms with Gasteiger partial charge in [0.2, 0.25) is 11.8 Å². The summed E-state index contributed by atoms with van der Waals surface area (Å²) in [6.45, 7) is 29.2. The van der Waals surface area contributed by atoms with Crippen molar-refractivity contribution in [2.45, 2.75) is 261 Å². The van der Waals surface area contributed by atoms with Crippen molar-refractivity contribution in [1.29, 1.82) is 0 Å². The van der Waals surface area contributed by atoms with Crippen LogP contribution < -0.4 is 27.0 Å². The molecule has 2 aromatic carbocycles. The van der Waals surface area contributed by atoms with E-state index >= 15 is 0 Å². The van der Waals surface area contributed by atoms with Crippen molar-refractivity contribution >= 4 is 93.4 Å². The molecule has 0 saturated carbocycles. The first-order chi connectivity index (χ1) is 53.7. The van der Waals surface area contributed by atoms with Crippen LogP contribution in [-0.2, 0) is 51.1 Å². The summed E-state index contributed by atoms with van der Waals surface area (Å²) in [7, 11) is 6.86. The molecule has 0 bridgehead atoms. The molecular weight excluding hydrogens is 1500 g/mol. The molecule has 12 atom stereocenters. The van der Waals surface area contributed by atoms with E-state index in [1.54, 1.807) is 62.7 Å². The summed E-state index contributed by atoms with van der Waals surface area (Å²) < 4.78 is 11.8. The van der Waals surface area contributed by atoms with Crippen molar-refractivity contribution in [3.05, 3.63) is 102 Å². The smallest absolute Gasteiger partial charge is 0.407 e. The van der Waals surface area contributed by atoms with Gasteiger partial charge in [-0.2, -0.15) is 0 Å². The zero-order valence-electron chi connectivity index (χ0n) is 70.5. The van der Waals surface area contributed by atoms with Gasteiger partial charge in [0, 0.05) is 117 Å². The van der Waals surface area contributed by atoms with Crippen LogP contribution >= 0.6 is 22.7 Å². The molecule has 2 fully saturated rings. The second kappa shape index (κ2) is 45.7. The van der Waals surface area contributed by atoms with Crippen LogP contribution in [0.2, 0.25) is 0 Å². The molecule has 2 aromatic heterocycles. The third-order valence-electron chi connectivity index (χ3n) is 22.6. The molecule has 2 saturated heterocycles. The number of nitro groups is 1. The van der Waals surface area contributed by atoms with E-state index in [2.05, 4.69) is 41.0 Å². The number of alkyl carbamates (subject to hydrolysis) is 2. The number of nitrogens with zero attached hydrogens (tertiary/aromatic N) is 7. The Hall–Kier alpha value is -8.48. The monoisotopic (exact) mass is 1630 g/mol. The number of nitrogen functional groups attached to an aromatic ring is 1. The molecule has 2 aliphatic heterocycles. The van der Waals surface area contributed by atoms with E-state index in [4.69, 9.17) is 15.2 Å². The topological polar surface area (TPSA) is 386 Å². The number of carboxylic acids is 2. The molecule has 0 aliphatic carbocycles. The zero-order valence-corrected chi connectivity index (χ0v) is 72.2. The Morgan fingerprint density at radius 1 is 0.596 bits per heavy atom. The second-order valence-electron chi connectivity index (χ2n) is 33.1. The van der Waals surface area contributed by atoms with Crippen LogP contribution in [0.1, 0.15) is 254 Å². The third-order valence-corrected chi connectivity index (χ3v) is 24.4. The second-order valence-corrected chi connectivity index (χ2v) is 34.9. The van der Waals surface area contributed by atoms with Crippen molar-refractivity contribution in [3.63, 3.8) is 0 Å². The Labute approximate surface area is 682 Å². The molecule has 6 amide bonds. The number of hydrogen-bond donors (Lipinski definition) is 7. The number of benzene rings is 2. The highest BCUT2D eigenvalue weighted by Gasteiger charge is 2.43. The number of piperidine rings is 2. The number of likely N-dealkylation sites (tertiary alicyclic amines) is 2. The predicted octanol–water partition coefficient (Wildman–Crippen LogP) is 13.8. The molecule has 0 unspecified atom stereocenters. The number of carboxylic acid groups (broad SMARTS) is 2. The number of non-ortho nitro benzene ring substituents is 1. The van der Waals surface area contributed by atoms with Crippen LogP contribution in [0.4, 0.5) is 21.0 Å². The highest BCUT2D eigenvalue weighted by molar-refractivity contribution is 7.10. The molecule has 28 nitrogen and oxygen atoms in total. The van der Waals surface area contributed by atoms with Gasteiger partial charge in [-0.05, 0) is 166 Å². The molecular formula is C84H130N12O16S2. The lowest BCUT2D eigenvalue weighted by atomic mass is 9.82. The van der Waals surface area contributed by atoms with E-state index in [0.717, 1.165) is 81.4 Å². The highest BCUT2D eigenvalue weighted by atomic mass is 32.1.